The van der Waals surface area contributed by atoms with Crippen LogP contribution < -0.4 is 5.32 Å². The number of nitrogens with zero attached hydrogens (tertiary/aromatic N) is 1. The minimum absolute atomic E-state index is 0.224. The summed E-state index contributed by atoms with van der Waals surface area (Å²) in [6.07, 6.45) is 7.29. The van der Waals surface area contributed by atoms with Crippen molar-refractivity contribution in [3.8, 4) is 0 Å². The number of carbonyl (C=O) groups is 1. The molecule has 0 spiro atoms. The zero-order valence-corrected chi connectivity index (χ0v) is 13.7. The van der Waals surface area contributed by atoms with E-state index in [4.69, 9.17) is 0 Å². The molecule has 3 rings (SSSR count). The van der Waals surface area contributed by atoms with Crippen molar-refractivity contribution in [3.63, 3.8) is 0 Å². The standard InChI is InChI=1S/C19H28N2O/c1-15-5-2-3-7-17(15)9-8-16-6-4-12-21(13-16)14-19(22)20-18-10-11-18/h2-3,5,7,16,18H,4,6,8-14H2,1H3,(H,20,22)/t16-/m1/s1. The van der Waals surface area contributed by atoms with Gasteiger partial charge in [-0.25, -0.2) is 0 Å². The Bertz CT molecular complexity index is 510. The van der Waals surface area contributed by atoms with Gasteiger partial charge in [-0.05, 0) is 69.0 Å². The fourth-order valence-corrected chi connectivity index (χ4v) is 3.48. The smallest absolute Gasteiger partial charge is 0.234 e. The molecule has 1 aromatic carbocycles. The van der Waals surface area contributed by atoms with Gasteiger partial charge in [0, 0.05) is 12.6 Å². The summed E-state index contributed by atoms with van der Waals surface area (Å²) in [5.41, 5.74) is 2.88. The first-order valence-corrected chi connectivity index (χ1v) is 8.77. The Morgan fingerprint density at radius 2 is 2.09 bits per heavy atom. The van der Waals surface area contributed by atoms with E-state index in [2.05, 4.69) is 41.4 Å². The van der Waals surface area contributed by atoms with Crippen LogP contribution in [0.15, 0.2) is 24.3 Å². The van der Waals surface area contributed by atoms with Crippen LogP contribution in [0.5, 0.6) is 0 Å². The van der Waals surface area contributed by atoms with E-state index >= 15 is 0 Å². The first-order chi connectivity index (χ1) is 10.7. The molecule has 3 heteroatoms. The molecule has 1 N–H and O–H groups in total. The van der Waals surface area contributed by atoms with Crippen molar-refractivity contribution in [2.24, 2.45) is 5.92 Å². The molecule has 1 atom stereocenters. The molecule has 3 nitrogen and oxygen atoms in total. The maximum Gasteiger partial charge on any atom is 0.234 e. The Morgan fingerprint density at radius 1 is 1.27 bits per heavy atom. The first kappa shape index (κ1) is 15.5. The summed E-state index contributed by atoms with van der Waals surface area (Å²) >= 11 is 0. The van der Waals surface area contributed by atoms with Crippen molar-refractivity contribution in [3.05, 3.63) is 35.4 Å². The van der Waals surface area contributed by atoms with Gasteiger partial charge in [0.05, 0.1) is 6.54 Å². The van der Waals surface area contributed by atoms with Crippen LogP contribution in [0.4, 0.5) is 0 Å². The highest BCUT2D eigenvalue weighted by Crippen LogP contribution is 2.23. The van der Waals surface area contributed by atoms with Gasteiger partial charge in [0.1, 0.15) is 0 Å². The van der Waals surface area contributed by atoms with Gasteiger partial charge in [-0.1, -0.05) is 24.3 Å². The number of rotatable bonds is 6. The third-order valence-electron chi connectivity index (χ3n) is 5.00. The summed E-state index contributed by atoms with van der Waals surface area (Å²) in [6.45, 7) is 4.96. The summed E-state index contributed by atoms with van der Waals surface area (Å²) in [5, 5.41) is 3.10. The highest BCUT2D eigenvalue weighted by atomic mass is 16.2. The third-order valence-corrected chi connectivity index (χ3v) is 5.00. The maximum atomic E-state index is 11.9. The largest absolute Gasteiger partial charge is 0.352 e. The van der Waals surface area contributed by atoms with Crippen molar-refractivity contribution in [1.82, 2.24) is 10.2 Å². The van der Waals surface area contributed by atoms with Gasteiger partial charge < -0.3 is 5.32 Å². The average molecular weight is 300 g/mol. The monoisotopic (exact) mass is 300 g/mol. The van der Waals surface area contributed by atoms with Crippen molar-refractivity contribution in [1.29, 1.82) is 0 Å². The van der Waals surface area contributed by atoms with Crippen LogP contribution >= 0.6 is 0 Å². The lowest BCUT2D eigenvalue weighted by molar-refractivity contribution is -0.122. The summed E-state index contributed by atoms with van der Waals surface area (Å²) in [5.74, 6) is 0.962. The van der Waals surface area contributed by atoms with Crippen molar-refractivity contribution >= 4 is 5.91 Å². The molecule has 1 saturated carbocycles. The fourth-order valence-electron chi connectivity index (χ4n) is 3.48. The lowest BCUT2D eigenvalue weighted by Crippen LogP contribution is -2.43. The van der Waals surface area contributed by atoms with E-state index in [0.29, 0.717) is 12.6 Å². The van der Waals surface area contributed by atoms with Crippen LogP contribution in [0.3, 0.4) is 0 Å². The summed E-state index contributed by atoms with van der Waals surface area (Å²) in [7, 11) is 0. The minimum Gasteiger partial charge on any atom is -0.352 e. The number of likely N-dealkylation sites (tertiary alicyclic amines) is 1. The number of hydrogen-bond acceptors (Lipinski definition) is 2. The van der Waals surface area contributed by atoms with E-state index in [9.17, 15) is 4.79 Å². The van der Waals surface area contributed by atoms with E-state index < -0.39 is 0 Å². The number of piperidine rings is 1. The van der Waals surface area contributed by atoms with Gasteiger partial charge in [-0.3, -0.25) is 9.69 Å². The molecule has 22 heavy (non-hydrogen) atoms. The van der Waals surface area contributed by atoms with Gasteiger partial charge in [0.2, 0.25) is 5.91 Å². The SMILES string of the molecule is Cc1ccccc1CC[C@H]1CCCN(CC(=O)NC2CC2)C1. The van der Waals surface area contributed by atoms with Crippen LogP contribution in [-0.2, 0) is 11.2 Å². The van der Waals surface area contributed by atoms with E-state index in [1.807, 2.05) is 0 Å². The van der Waals surface area contributed by atoms with E-state index in [1.165, 1.54) is 49.7 Å². The number of nitrogens with one attached hydrogen (secondary N) is 1. The van der Waals surface area contributed by atoms with Crippen molar-refractivity contribution < 1.29 is 4.79 Å². The van der Waals surface area contributed by atoms with Crippen LogP contribution in [-0.4, -0.2) is 36.5 Å². The number of carbonyl (C=O) groups excluding carboxylic acids is 1. The lowest BCUT2D eigenvalue weighted by atomic mass is 9.90. The predicted octanol–water partition coefficient (Wildman–Crippen LogP) is 2.92. The molecule has 1 saturated heterocycles. The van der Waals surface area contributed by atoms with Gasteiger partial charge in [-0.15, -0.1) is 0 Å². The molecular formula is C19H28N2O. The van der Waals surface area contributed by atoms with E-state index in [1.54, 1.807) is 0 Å². The molecule has 2 fully saturated rings. The molecule has 1 aliphatic carbocycles. The summed E-state index contributed by atoms with van der Waals surface area (Å²) < 4.78 is 0. The highest BCUT2D eigenvalue weighted by molar-refractivity contribution is 5.78. The average Bonchev–Trinajstić information content (AvgIpc) is 3.30. The zero-order chi connectivity index (χ0) is 15.4. The molecule has 0 bridgehead atoms. The Kier molecular flexibility index (Phi) is 5.14. The van der Waals surface area contributed by atoms with E-state index in [0.717, 1.165) is 19.0 Å². The molecule has 0 aromatic heterocycles. The molecule has 0 unspecified atom stereocenters. The van der Waals surface area contributed by atoms with E-state index in [-0.39, 0.29) is 5.91 Å². The molecule has 1 aliphatic heterocycles. The Labute approximate surface area is 134 Å². The van der Waals surface area contributed by atoms with Gasteiger partial charge in [0.15, 0.2) is 0 Å². The Balaban J connectivity index is 1.44. The fraction of sp³-hybridized carbons (Fsp3) is 0.632. The predicted molar refractivity (Wildman–Crippen MR) is 89.8 cm³/mol. The maximum absolute atomic E-state index is 11.9. The second-order valence-corrected chi connectivity index (χ2v) is 7.05. The van der Waals surface area contributed by atoms with Crippen LogP contribution in [0.2, 0.25) is 0 Å². The van der Waals surface area contributed by atoms with Crippen molar-refractivity contribution in [2.45, 2.75) is 51.5 Å². The molecule has 2 aliphatic rings. The molecule has 1 aromatic rings. The lowest BCUT2D eigenvalue weighted by Gasteiger charge is -2.32. The topological polar surface area (TPSA) is 32.3 Å². The third kappa shape index (κ3) is 4.57. The van der Waals surface area contributed by atoms with Crippen molar-refractivity contribution in [2.75, 3.05) is 19.6 Å². The number of benzene rings is 1. The minimum atomic E-state index is 0.224. The quantitative estimate of drug-likeness (QED) is 0.876. The summed E-state index contributed by atoms with van der Waals surface area (Å²) in [4.78, 5) is 14.3. The summed E-state index contributed by atoms with van der Waals surface area (Å²) in [6, 6.07) is 9.18. The molecule has 0 radical (unpaired) electrons. The normalized spacial score (nSPS) is 22.5. The zero-order valence-electron chi connectivity index (χ0n) is 13.7. The Morgan fingerprint density at radius 3 is 2.86 bits per heavy atom. The second kappa shape index (κ2) is 7.28. The highest BCUT2D eigenvalue weighted by Gasteiger charge is 2.26. The Hall–Kier alpha value is -1.35. The van der Waals surface area contributed by atoms with Crippen LogP contribution in [0, 0.1) is 12.8 Å². The van der Waals surface area contributed by atoms with Gasteiger partial charge in [0.25, 0.3) is 0 Å². The molecule has 1 amide bonds. The molecule has 1 heterocycles. The number of hydrogen-bond donors (Lipinski definition) is 1. The second-order valence-electron chi connectivity index (χ2n) is 7.05. The van der Waals surface area contributed by atoms with Gasteiger partial charge in [-0.2, -0.15) is 0 Å². The molecular weight excluding hydrogens is 272 g/mol. The molecule has 120 valence electrons. The first-order valence-electron chi connectivity index (χ1n) is 8.77. The van der Waals surface area contributed by atoms with Crippen LogP contribution in [0.25, 0.3) is 0 Å². The number of amides is 1. The van der Waals surface area contributed by atoms with Gasteiger partial charge >= 0.3 is 0 Å². The van der Waals surface area contributed by atoms with Crippen LogP contribution in [0.1, 0.15) is 43.2 Å². The number of aryl methyl sites for hydroxylation is 2.